The van der Waals surface area contributed by atoms with E-state index in [1.807, 2.05) is 0 Å². The number of piperidine rings is 1. The van der Waals surface area contributed by atoms with Crippen molar-refractivity contribution in [2.45, 2.75) is 50.6 Å². The summed E-state index contributed by atoms with van der Waals surface area (Å²) in [5, 5.41) is 3.88. The van der Waals surface area contributed by atoms with Crippen molar-refractivity contribution in [3.05, 3.63) is 29.8 Å². The largest absolute Gasteiger partial charge is 0.497 e. The Kier molecular flexibility index (Phi) is 4.81. The summed E-state index contributed by atoms with van der Waals surface area (Å²) in [6, 6.07) is 10.0. The fraction of sp³-hybridized carbons (Fsp3) is 0.667. The maximum absolute atomic E-state index is 5.23. The lowest BCUT2D eigenvalue weighted by atomic mass is 9.75. The van der Waals surface area contributed by atoms with Crippen LogP contribution in [0.3, 0.4) is 0 Å². The van der Waals surface area contributed by atoms with Crippen LogP contribution in [0.1, 0.15) is 44.1 Å². The third-order valence-corrected chi connectivity index (χ3v) is 5.15. The summed E-state index contributed by atoms with van der Waals surface area (Å²) in [5.74, 6) is 1.69. The Balaban J connectivity index is 1.44. The monoisotopic (exact) mass is 288 g/mol. The molecule has 3 nitrogen and oxygen atoms in total. The third kappa shape index (κ3) is 3.58. The number of ether oxygens (including phenoxy) is 1. The van der Waals surface area contributed by atoms with Crippen LogP contribution in [0, 0.1) is 0 Å². The van der Waals surface area contributed by atoms with Gasteiger partial charge in [0.2, 0.25) is 0 Å². The summed E-state index contributed by atoms with van der Waals surface area (Å²) in [6.07, 6.45) is 5.27. The molecule has 116 valence electrons. The second kappa shape index (κ2) is 6.80. The summed E-state index contributed by atoms with van der Waals surface area (Å²) in [7, 11) is 1.72. The van der Waals surface area contributed by atoms with E-state index in [2.05, 4.69) is 41.4 Å². The first-order valence-electron chi connectivity index (χ1n) is 8.41. The van der Waals surface area contributed by atoms with Gasteiger partial charge in [-0.3, -0.25) is 0 Å². The lowest BCUT2D eigenvalue weighted by molar-refractivity contribution is 0.167. The van der Waals surface area contributed by atoms with E-state index in [9.17, 15) is 0 Å². The van der Waals surface area contributed by atoms with Crippen molar-refractivity contribution in [3.63, 3.8) is 0 Å². The van der Waals surface area contributed by atoms with Gasteiger partial charge in [0.15, 0.2) is 0 Å². The van der Waals surface area contributed by atoms with E-state index in [-0.39, 0.29) is 0 Å². The molecule has 1 unspecified atom stereocenters. The average Bonchev–Trinajstić information content (AvgIpc) is 2.51. The number of hydrogen-bond donors (Lipinski definition) is 1. The highest BCUT2D eigenvalue weighted by Crippen LogP contribution is 2.37. The Bertz CT molecular complexity index is 439. The van der Waals surface area contributed by atoms with Crippen molar-refractivity contribution >= 4 is 0 Å². The summed E-state index contributed by atoms with van der Waals surface area (Å²) < 4.78 is 5.23. The van der Waals surface area contributed by atoms with Gasteiger partial charge in [-0.05, 0) is 62.4 Å². The highest BCUT2D eigenvalue weighted by molar-refractivity contribution is 5.30. The zero-order valence-electron chi connectivity index (χ0n) is 13.3. The molecular weight excluding hydrogens is 260 g/mol. The standard InChI is InChI=1S/C18H28N2O/c1-3-20-10-4-5-16(13-20)19-17-11-15(12-17)14-6-8-18(21-2)9-7-14/h6-9,15-17,19H,3-5,10-13H2,1-2H3. The minimum absolute atomic E-state index is 0.709. The van der Waals surface area contributed by atoms with Crippen LogP contribution in [-0.2, 0) is 0 Å². The van der Waals surface area contributed by atoms with Gasteiger partial charge in [0.05, 0.1) is 7.11 Å². The Hall–Kier alpha value is -1.06. The minimum atomic E-state index is 0.709. The molecule has 0 amide bonds. The van der Waals surface area contributed by atoms with Crippen LogP contribution in [0.4, 0.5) is 0 Å². The van der Waals surface area contributed by atoms with Crippen molar-refractivity contribution in [3.8, 4) is 5.75 Å². The smallest absolute Gasteiger partial charge is 0.118 e. The maximum Gasteiger partial charge on any atom is 0.118 e. The molecule has 1 atom stereocenters. The molecule has 2 aliphatic rings. The molecule has 0 aromatic heterocycles. The Morgan fingerprint density at radius 2 is 1.95 bits per heavy atom. The van der Waals surface area contributed by atoms with Crippen molar-refractivity contribution < 1.29 is 4.74 Å². The molecule has 1 aromatic rings. The molecule has 1 N–H and O–H groups in total. The molecule has 1 saturated carbocycles. The second-order valence-electron chi connectivity index (χ2n) is 6.54. The molecule has 3 heteroatoms. The first-order chi connectivity index (χ1) is 10.3. The molecule has 21 heavy (non-hydrogen) atoms. The van der Waals surface area contributed by atoms with Crippen molar-refractivity contribution in [2.24, 2.45) is 0 Å². The van der Waals surface area contributed by atoms with Crippen LogP contribution in [0.25, 0.3) is 0 Å². The molecule has 0 spiro atoms. The number of likely N-dealkylation sites (N-methyl/N-ethyl adjacent to an activating group) is 1. The van der Waals surface area contributed by atoms with Gasteiger partial charge in [-0.15, -0.1) is 0 Å². The van der Waals surface area contributed by atoms with Crippen LogP contribution in [0.2, 0.25) is 0 Å². The number of rotatable bonds is 5. The summed E-state index contributed by atoms with van der Waals surface area (Å²) in [4.78, 5) is 2.57. The van der Waals surface area contributed by atoms with E-state index >= 15 is 0 Å². The van der Waals surface area contributed by atoms with E-state index in [1.165, 1.54) is 50.9 Å². The van der Waals surface area contributed by atoms with Crippen molar-refractivity contribution in [1.29, 1.82) is 0 Å². The van der Waals surface area contributed by atoms with E-state index < -0.39 is 0 Å². The van der Waals surface area contributed by atoms with Gasteiger partial charge in [0.1, 0.15) is 5.75 Å². The molecule has 1 saturated heterocycles. The van der Waals surface area contributed by atoms with Crippen LogP contribution in [0.5, 0.6) is 5.75 Å². The minimum Gasteiger partial charge on any atom is -0.497 e. The lowest BCUT2D eigenvalue weighted by Gasteiger charge is -2.41. The van der Waals surface area contributed by atoms with Crippen LogP contribution < -0.4 is 10.1 Å². The van der Waals surface area contributed by atoms with Gasteiger partial charge < -0.3 is 15.0 Å². The lowest BCUT2D eigenvalue weighted by Crippen LogP contribution is -2.52. The number of nitrogens with zero attached hydrogens (tertiary/aromatic N) is 1. The first kappa shape index (κ1) is 14.9. The Morgan fingerprint density at radius 3 is 2.62 bits per heavy atom. The molecule has 3 rings (SSSR count). The fourth-order valence-electron chi connectivity index (χ4n) is 3.71. The predicted molar refractivity (Wildman–Crippen MR) is 87.0 cm³/mol. The first-order valence-corrected chi connectivity index (χ1v) is 8.41. The highest BCUT2D eigenvalue weighted by Gasteiger charge is 2.32. The SMILES string of the molecule is CCN1CCCC(NC2CC(c3ccc(OC)cc3)C2)C1. The third-order valence-electron chi connectivity index (χ3n) is 5.15. The highest BCUT2D eigenvalue weighted by atomic mass is 16.5. The van der Waals surface area contributed by atoms with Gasteiger partial charge >= 0.3 is 0 Å². The van der Waals surface area contributed by atoms with E-state index in [0.717, 1.165) is 17.7 Å². The zero-order chi connectivity index (χ0) is 14.7. The van der Waals surface area contributed by atoms with Gasteiger partial charge in [-0.25, -0.2) is 0 Å². The van der Waals surface area contributed by atoms with E-state index in [0.29, 0.717) is 6.04 Å². The number of hydrogen-bond acceptors (Lipinski definition) is 3. The van der Waals surface area contributed by atoms with Gasteiger partial charge in [0.25, 0.3) is 0 Å². The van der Waals surface area contributed by atoms with Crippen LogP contribution >= 0.6 is 0 Å². The van der Waals surface area contributed by atoms with E-state index in [1.54, 1.807) is 7.11 Å². The number of nitrogens with one attached hydrogen (secondary N) is 1. The quantitative estimate of drug-likeness (QED) is 0.901. The molecule has 1 aliphatic carbocycles. The number of likely N-dealkylation sites (tertiary alicyclic amines) is 1. The molecule has 1 aromatic carbocycles. The maximum atomic E-state index is 5.23. The van der Waals surface area contributed by atoms with Gasteiger partial charge in [0, 0.05) is 18.6 Å². The topological polar surface area (TPSA) is 24.5 Å². The summed E-state index contributed by atoms with van der Waals surface area (Å²) >= 11 is 0. The normalized spacial score (nSPS) is 29.9. The van der Waals surface area contributed by atoms with Crippen molar-refractivity contribution in [2.75, 3.05) is 26.7 Å². The fourth-order valence-corrected chi connectivity index (χ4v) is 3.71. The van der Waals surface area contributed by atoms with Crippen molar-refractivity contribution in [1.82, 2.24) is 10.2 Å². The van der Waals surface area contributed by atoms with E-state index in [4.69, 9.17) is 4.74 Å². The zero-order valence-corrected chi connectivity index (χ0v) is 13.3. The molecule has 2 fully saturated rings. The summed E-state index contributed by atoms with van der Waals surface area (Å²) in [5.41, 5.74) is 1.47. The van der Waals surface area contributed by atoms with Crippen LogP contribution in [-0.4, -0.2) is 43.7 Å². The number of benzene rings is 1. The molecule has 1 aliphatic heterocycles. The molecular formula is C18H28N2O. The Labute approximate surface area is 128 Å². The predicted octanol–water partition coefficient (Wildman–Crippen LogP) is 3.02. The molecule has 0 bridgehead atoms. The summed E-state index contributed by atoms with van der Waals surface area (Å²) in [6.45, 7) is 5.98. The molecule has 0 radical (unpaired) electrons. The van der Waals surface area contributed by atoms with Gasteiger partial charge in [-0.2, -0.15) is 0 Å². The second-order valence-corrected chi connectivity index (χ2v) is 6.54. The van der Waals surface area contributed by atoms with Crippen LogP contribution in [0.15, 0.2) is 24.3 Å². The van der Waals surface area contributed by atoms with Gasteiger partial charge in [-0.1, -0.05) is 19.1 Å². The Morgan fingerprint density at radius 1 is 1.19 bits per heavy atom. The molecule has 1 heterocycles. The number of methoxy groups -OCH3 is 1. The average molecular weight is 288 g/mol.